The van der Waals surface area contributed by atoms with Gasteiger partial charge < -0.3 is 15.0 Å². The van der Waals surface area contributed by atoms with E-state index in [-0.39, 0.29) is 11.7 Å². The Labute approximate surface area is 120 Å². The molecule has 0 spiro atoms. The van der Waals surface area contributed by atoms with E-state index >= 15 is 0 Å². The van der Waals surface area contributed by atoms with E-state index in [2.05, 4.69) is 10.1 Å². The molecule has 0 aliphatic carbocycles. The van der Waals surface area contributed by atoms with Crippen LogP contribution in [0.4, 0.5) is 18.9 Å². The van der Waals surface area contributed by atoms with Gasteiger partial charge in [-0.2, -0.15) is 0 Å². The standard InChI is InChI=1S/C14H17F3N2O2/c15-14(16,17)21-12-6-4-11(5-7-12)18-13(20)10-19-8-2-1-3-9-19/h4-7H,1-3,8-10H2,(H,18,20)/p+1. The van der Waals surface area contributed by atoms with Crippen LogP contribution in [-0.2, 0) is 4.79 Å². The monoisotopic (exact) mass is 303 g/mol. The highest BCUT2D eigenvalue weighted by Gasteiger charge is 2.31. The summed E-state index contributed by atoms with van der Waals surface area (Å²) in [6.45, 7) is 2.37. The molecule has 1 aromatic carbocycles. The highest BCUT2D eigenvalue weighted by atomic mass is 19.4. The molecule has 2 rings (SSSR count). The van der Waals surface area contributed by atoms with Gasteiger partial charge in [0.2, 0.25) is 0 Å². The number of piperidine rings is 1. The van der Waals surface area contributed by atoms with Crippen LogP contribution in [0.2, 0.25) is 0 Å². The van der Waals surface area contributed by atoms with Gasteiger partial charge in [0.25, 0.3) is 5.91 Å². The largest absolute Gasteiger partial charge is 0.573 e. The Hall–Kier alpha value is -1.76. The number of hydrogen-bond acceptors (Lipinski definition) is 2. The van der Waals surface area contributed by atoms with Crippen LogP contribution in [0.3, 0.4) is 0 Å². The second kappa shape index (κ2) is 6.80. The zero-order valence-corrected chi connectivity index (χ0v) is 11.5. The lowest BCUT2D eigenvalue weighted by Crippen LogP contribution is -3.13. The molecule has 21 heavy (non-hydrogen) atoms. The molecule has 0 unspecified atom stereocenters. The van der Waals surface area contributed by atoms with E-state index in [0.717, 1.165) is 25.9 Å². The maximum atomic E-state index is 12.0. The Morgan fingerprint density at radius 3 is 2.33 bits per heavy atom. The predicted octanol–water partition coefficient (Wildman–Crippen LogP) is 1.59. The van der Waals surface area contributed by atoms with Gasteiger partial charge in [0, 0.05) is 5.69 Å². The van der Waals surface area contributed by atoms with E-state index in [0.29, 0.717) is 12.2 Å². The van der Waals surface area contributed by atoms with E-state index < -0.39 is 6.36 Å². The van der Waals surface area contributed by atoms with Crippen LogP contribution in [0.15, 0.2) is 24.3 Å². The van der Waals surface area contributed by atoms with Crippen molar-refractivity contribution in [2.75, 3.05) is 25.0 Å². The van der Waals surface area contributed by atoms with Crippen LogP contribution in [-0.4, -0.2) is 31.9 Å². The molecule has 1 heterocycles. The van der Waals surface area contributed by atoms with Gasteiger partial charge in [-0.25, -0.2) is 0 Å². The lowest BCUT2D eigenvalue weighted by molar-refractivity contribution is -0.896. The van der Waals surface area contributed by atoms with Crippen LogP contribution >= 0.6 is 0 Å². The quantitative estimate of drug-likeness (QED) is 0.887. The van der Waals surface area contributed by atoms with Gasteiger partial charge in [-0.3, -0.25) is 4.79 Å². The molecule has 0 aromatic heterocycles. The molecule has 1 fully saturated rings. The van der Waals surface area contributed by atoms with E-state index in [9.17, 15) is 18.0 Å². The number of alkyl halides is 3. The van der Waals surface area contributed by atoms with E-state index in [4.69, 9.17) is 0 Å². The predicted molar refractivity (Wildman–Crippen MR) is 71.2 cm³/mol. The third-order valence-electron chi connectivity index (χ3n) is 3.34. The fourth-order valence-electron chi connectivity index (χ4n) is 2.40. The van der Waals surface area contributed by atoms with Gasteiger partial charge in [-0.05, 0) is 43.5 Å². The number of anilines is 1. The number of carbonyl (C=O) groups is 1. The third kappa shape index (κ3) is 5.63. The SMILES string of the molecule is O=C(C[NH+]1CCCCC1)Nc1ccc(OC(F)(F)F)cc1. The Kier molecular flexibility index (Phi) is 5.06. The maximum absolute atomic E-state index is 12.0. The number of nitrogens with one attached hydrogen (secondary N) is 2. The first-order valence-corrected chi connectivity index (χ1v) is 6.91. The summed E-state index contributed by atoms with van der Waals surface area (Å²) < 4.78 is 39.8. The van der Waals surface area contributed by atoms with Gasteiger partial charge in [-0.15, -0.1) is 13.2 Å². The van der Waals surface area contributed by atoms with Crippen LogP contribution in [0.25, 0.3) is 0 Å². The molecule has 4 nitrogen and oxygen atoms in total. The minimum absolute atomic E-state index is 0.128. The van der Waals surface area contributed by atoms with E-state index in [1.54, 1.807) is 0 Å². The van der Waals surface area contributed by atoms with Crippen molar-refractivity contribution in [1.29, 1.82) is 0 Å². The van der Waals surface area contributed by atoms with E-state index in [1.165, 1.54) is 35.6 Å². The van der Waals surface area contributed by atoms with Crippen molar-refractivity contribution in [3.8, 4) is 5.75 Å². The van der Waals surface area contributed by atoms with Gasteiger partial charge in [0.1, 0.15) is 5.75 Å². The average molecular weight is 303 g/mol. The Balaban J connectivity index is 1.83. The van der Waals surface area contributed by atoms with Crippen molar-refractivity contribution < 1.29 is 27.6 Å². The zero-order valence-electron chi connectivity index (χ0n) is 11.5. The number of ether oxygens (including phenoxy) is 1. The third-order valence-corrected chi connectivity index (χ3v) is 3.34. The van der Waals surface area contributed by atoms with Crippen molar-refractivity contribution in [1.82, 2.24) is 0 Å². The molecule has 0 bridgehead atoms. The van der Waals surface area contributed by atoms with Crippen LogP contribution in [0.5, 0.6) is 5.75 Å². The molecule has 1 saturated heterocycles. The number of benzene rings is 1. The maximum Gasteiger partial charge on any atom is 0.573 e. The molecule has 1 aromatic rings. The first-order chi connectivity index (χ1) is 9.92. The highest BCUT2D eigenvalue weighted by Crippen LogP contribution is 2.23. The summed E-state index contributed by atoms with van der Waals surface area (Å²) in [6, 6.07) is 5.14. The lowest BCUT2D eigenvalue weighted by Gasteiger charge is -2.22. The number of carbonyl (C=O) groups excluding carboxylic acids is 1. The highest BCUT2D eigenvalue weighted by molar-refractivity contribution is 5.91. The summed E-state index contributed by atoms with van der Waals surface area (Å²) in [5.74, 6) is -0.432. The summed E-state index contributed by atoms with van der Waals surface area (Å²) in [6.07, 6.45) is -1.23. The molecule has 0 radical (unpaired) electrons. The Morgan fingerprint density at radius 2 is 1.76 bits per heavy atom. The minimum Gasteiger partial charge on any atom is -0.406 e. The summed E-state index contributed by atoms with van der Waals surface area (Å²) in [4.78, 5) is 13.1. The molecule has 2 N–H and O–H groups in total. The number of halogens is 3. The second-order valence-electron chi connectivity index (χ2n) is 5.11. The molecule has 0 saturated carbocycles. The van der Waals surface area contributed by atoms with Crippen molar-refractivity contribution in [3.05, 3.63) is 24.3 Å². The zero-order chi connectivity index (χ0) is 15.3. The molecule has 1 aliphatic heterocycles. The summed E-state index contributed by atoms with van der Waals surface area (Å²) >= 11 is 0. The summed E-state index contributed by atoms with van der Waals surface area (Å²) in [7, 11) is 0. The smallest absolute Gasteiger partial charge is 0.406 e. The lowest BCUT2D eigenvalue weighted by atomic mass is 10.1. The van der Waals surface area contributed by atoms with E-state index in [1.807, 2.05) is 0 Å². The van der Waals surface area contributed by atoms with Crippen LogP contribution in [0, 0.1) is 0 Å². The molecule has 1 amide bonds. The fourth-order valence-corrected chi connectivity index (χ4v) is 2.40. The van der Waals surface area contributed by atoms with Crippen molar-refractivity contribution in [2.24, 2.45) is 0 Å². The van der Waals surface area contributed by atoms with Crippen LogP contribution < -0.4 is 15.0 Å². The molecule has 116 valence electrons. The number of likely N-dealkylation sites (tertiary alicyclic amines) is 1. The molecular weight excluding hydrogens is 285 g/mol. The number of quaternary nitrogens is 1. The van der Waals surface area contributed by atoms with Gasteiger partial charge in [0.15, 0.2) is 6.54 Å². The molecular formula is C14H18F3N2O2+. The topological polar surface area (TPSA) is 42.8 Å². The number of rotatable bonds is 4. The van der Waals surface area contributed by atoms with Gasteiger partial charge in [0.05, 0.1) is 13.1 Å². The normalized spacial score (nSPS) is 16.5. The molecule has 0 atom stereocenters. The number of hydrogen-bond donors (Lipinski definition) is 2. The Bertz CT molecular complexity index is 468. The average Bonchev–Trinajstić information content (AvgIpc) is 2.40. The Morgan fingerprint density at radius 1 is 1.14 bits per heavy atom. The minimum atomic E-state index is -4.71. The first kappa shape index (κ1) is 15.6. The van der Waals surface area contributed by atoms with Crippen LogP contribution in [0.1, 0.15) is 19.3 Å². The first-order valence-electron chi connectivity index (χ1n) is 6.91. The van der Waals surface area contributed by atoms with Gasteiger partial charge >= 0.3 is 6.36 Å². The second-order valence-corrected chi connectivity index (χ2v) is 5.11. The molecule has 7 heteroatoms. The number of amides is 1. The summed E-state index contributed by atoms with van der Waals surface area (Å²) in [5, 5.41) is 2.68. The summed E-state index contributed by atoms with van der Waals surface area (Å²) in [5.41, 5.74) is 0.464. The van der Waals surface area contributed by atoms with Gasteiger partial charge in [-0.1, -0.05) is 0 Å². The van der Waals surface area contributed by atoms with Crippen molar-refractivity contribution in [2.45, 2.75) is 25.6 Å². The molecule has 1 aliphatic rings. The van der Waals surface area contributed by atoms with Crippen molar-refractivity contribution in [3.63, 3.8) is 0 Å². The van der Waals surface area contributed by atoms with Crippen molar-refractivity contribution >= 4 is 11.6 Å². The fraction of sp³-hybridized carbons (Fsp3) is 0.500.